The van der Waals surface area contributed by atoms with E-state index >= 15 is 0 Å². The van der Waals surface area contributed by atoms with Crippen LogP contribution in [0.3, 0.4) is 0 Å². The second kappa shape index (κ2) is 15.1. The van der Waals surface area contributed by atoms with Crippen LogP contribution in [0.25, 0.3) is 33.4 Å². The third-order valence-corrected chi connectivity index (χ3v) is 11.1. The third-order valence-electron chi connectivity index (χ3n) is 10.2. The number of nitrogens with zero attached hydrogens (tertiary/aromatic N) is 6. The second-order valence-corrected chi connectivity index (χ2v) is 14.1. The first kappa shape index (κ1) is 37.4. The van der Waals surface area contributed by atoms with E-state index < -0.39 is 23.5 Å². The van der Waals surface area contributed by atoms with Crippen molar-refractivity contribution in [2.45, 2.75) is 45.1 Å². The number of halogens is 4. The van der Waals surface area contributed by atoms with Crippen LogP contribution < -0.4 is 21.3 Å². The Balaban J connectivity index is 1.22. The van der Waals surface area contributed by atoms with Crippen LogP contribution in [-0.2, 0) is 30.0 Å². The van der Waals surface area contributed by atoms with Crippen molar-refractivity contribution < 1.29 is 23.0 Å². The van der Waals surface area contributed by atoms with Gasteiger partial charge in [-0.2, -0.15) is 0 Å². The third kappa shape index (κ3) is 6.60. The maximum absolute atomic E-state index is 13.9. The molecular weight excluding hydrogens is 743 g/mol. The van der Waals surface area contributed by atoms with Gasteiger partial charge in [-0.3, -0.25) is 23.6 Å². The average molecular weight is 781 g/mol. The number of pyridine rings is 1. The van der Waals surface area contributed by atoms with Crippen molar-refractivity contribution in [1.29, 1.82) is 0 Å². The Hall–Kier alpha value is -4.92. The number of fused-ring (bicyclic) bond motifs is 2. The number of hydrogen-bond donors (Lipinski definition) is 1. The molecule has 54 heavy (non-hydrogen) atoms. The molecule has 1 aliphatic heterocycles. The highest BCUT2D eigenvalue weighted by Gasteiger charge is 2.36. The Kier molecular flexibility index (Phi) is 10.4. The number of aromatic nitrogens is 5. The Morgan fingerprint density at radius 3 is 2.33 bits per heavy atom. The Morgan fingerprint density at radius 1 is 0.963 bits per heavy atom. The van der Waals surface area contributed by atoms with Crippen LogP contribution >= 0.6 is 23.2 Å². The second-order valence-electron chi connectivity index (χ2n) is 13.3. The van der Waals surface area contributed by atoms with Gasteiger partial charge in [0.1, 0.15) is 11.2 Å². The van der Waals surface area contributed by atoms with E-state index in [1.807, 2.05) is 25.1 Å². The fourth-order valence-electron chi connectivity index (χ4n) is 7.51. The van der Waals surface area contributed by atoms with Crippen LogP contribution in [0.1, 0.15) is 55.6 Å². The van der Waals surface area contributed by atoms with Crippen molar-refractivity contribution in [3.63, 3.8) is 0 Å². The molecule has 1 atom stereocenters. The Bertz CT molecular complexity index is 2410. The smallest absolute Gasteiger partial charge is 0.332 e. The van der Waals surface area contributed by atoms with Crippen molar-refractivity contribution >= 4 is 51.7 Å². The highest BCUT2D eigenvalue weighted by molar-refractivity contribution is 6.39. The molecule has 4 heterocycles. The molecular formula is C38H37Cl2F2N7O5. The van der Waals surface area contributed by atoms with Gasteiger partial charge in [0, 0.05) is 42.4 Å². The molecule has 0 amide bonds. The SMILES string of the molecule is CCOC(=O)C1CCN(C2CCc3cc(-c4cccc(-c5cccc(Nc6nc(C(F)F)nc7c6c(=O)n(C)c(=O)n7C)c5Cl)c4Cl)nc(OC)c32)CC1. The molecule has 16 heteroatoms. The van der Waals surface area contributed by atoms with E-state index in [9.17, 15) is 23.2 Å². The molecule has 0 radical (unpaired) electrons. The Labute approximate surface area is 318 Å². The van der Waals surface area contributed by atoms with Crippen molar-refractivity contribution in [2.24, 2.45) is 20.0 Å². The zero-order valence-corrected chi connectivity index (χ0v) is 31.5. The summed E-state index contributed by atoms with van der Waals surface area (Å²) in [5.74, 6) is -0.785. The lowest BCUT2D eigenvalue weighted by Gasteiger charge is -2.35. The van der Waals surface area contributed by atoms with Gasteiger partial charge in [0.15, 0.2) is 11.5 Å². The van der Waals surface area contributed by atoms with Crippen LogP contribution in [0, 0.1) is 5.92 Å². The molecule has 2 aliphatic rings. The average Bonchev–Trinajstić information content (AvgIpc) is 3.61. The molecule has 1 aliphatic carbocycles. The Morgan fingerprint density at radius 2 is 1.65 bits per heavy atom. The standard InChI is InChI=1S/C38H37Cl2F2N7O5/c1-5-54-37(51)19-14-16-49(17-15-19)26-13-12-20-18-25(44-35(53-4)27(20)26)23-10-6-8-21(29(23)39)22-9-7-11-24(30(22)40)43-32-28-34(46-33(45-32)31(41)42)47(2)38(52)48(3)36(28)50/h6-11,18-19,26,31H,5,12-17H2,1-4H3,(H,43,45,46). The summed E-state index contributed by atoms with van der Waals surface area (Å²) in [4.78, 5) is 53.2. The summed E-state index contributed by atoms with van der Waals surface area (Å²) in [6.45, 7) is 3.76. The number of nitrogens with one attached hydrogen (secondary N) is 1. The van der Waals surface area contributed by atoms with Crippen LogP contribution in [-0.4, -0.2) is 61.8 Å². The van der Waals surface area contributed by atoms with E-state index in [2.05, 4.69) is 20.2 Å². The minimum atomic E-state index is -3.08. The molecule has 5 aromatic rings. The first-order valence-corrected chi connectivity index (χ1v) is 18.3. The highest BCUT2D eigenvalue weighted by Crippen LogP contribution is 2.46. The van der Waals surface area contributed by atoms with Gasteiger partial charge in [-0.1, -0.05) is 53.5 Å². The van der Waals surface area contributed by atoms with Gasteiger partial charge in [-0.15, -0.1) is 0 Å². The molecule has 1 saturated heterocycles. The zero-order valence-electron chi connectivity index (χ0n) is 30.0. The predicted molar refractivity (Wildman–Crippen MR) is 202 cm³/mol. The summed E-state index contributed by atoms with van der Waals surface area (Å²) in [6, 6.07) is 12.7. The minimum absolute atomic E-state index is 0.0833. The number of piperidine rings is 1. The molecule has 3 aromatic heterocycles. The lowest BCUT2D eigenvalue weighted by atomic mass is 9.94. The van der Waals surface area contributed by atoms with Crippen LogP contribution in [0.5, 0.6) is 5.88 Å². The van der Waals surface area contributed by atoms with Crippen molar-refractivity contribution in [3.8, 4) is 28.3 Å². The molecule has 1 unspecified atom stereocenters. The zero-order chi connectivity index (χ0) is 38.4. The van der Waals surface area contributed by atoms with Gasteiger partial charge < -0.3 is 14.8 Å². The van der Waals surface area contributed by atoms with E-state index in [0.717, 1.165) is 59.0 Å². The summed E-state index contributed by atoms with van der Waals surface area (Å²) >= 11 is 14.1. The maximum Gasteiger partial charge on any atom is 0.332 e. The number of aryl methyl sites for hydroxylation is 2. The van der Waals surface area contributed by atoms with Crippen molar-refractivity contribution in [2.75, 3.05) is 32.1 Å². The van der Waals surface area contributed by atoms with Crippen LogP contribution in [0.2, 0.25) is 10.0 Å². The van der Waals surface area contributed by atoms with Crippen molar-refractivity contribution in [1.82, 2.24) is 29.0 Å². The summed E-state index contributed by atoms with van der Waals surface area (Å²) in [5.41, 5.74) is 3.04. The topological polar surface area (TPSA) is 133 Å². The van der Waals surface area contributed by atoms with E-state index in [4.69, 9.17) is 37.7 Å². The molecule has 0 saturated carbocycles. The summed E-state index contributed by atoms with van der Waals surface area (Å²) in [6.07, 6.45) is 0.124. The highest BCUT2D eigenvalue weighted by atomic mass is 35.5. The van der Waals surface area contributed by atoms with Crippen LogP contribution in [0.4, 0.5) is 20.3 Å². The van der Waals surface area contributed by atoms with Gasteiger partial charge in [0.25, 0.3) is 12.0 Å². The van der Waals surface area contributed by atoms with Gasteiger partial charge in [0.2, 0.25) is 5.88 Å². The molecule has 12 nitrogen and oxygen atoms in total. The summed E-state index contributed by atoms with van der Waals surface area (Å²) < 4.78 is 40.8. The first-order chi connectivity index (χ1) is 25.9. The normalized spacial score (nSPS) is 16.2. The number of carbonyl (C=O) groups excluding carboxylic acids is 1. The lowest BCUT2D eigenvalue weighted by Crippen LogP contribution is -2.38. The predicted octanol–water partition coefficient (Wildman–Crippen LogP) is 7.02. The molecule has 1 fully saturated rings. The van der Waals surface area contributed by atoms with E-state index in [1.54, 1.807) is 31.4 Å². The van der Waals surface area contributed by atoms with Gasteiger partial charge in [-0.25, -0.2) is 28.5 Å². The van der Waals surface area contributed by atoms with Gasteiger partial charge in [-0.05, 0) is 63.4 Å². The fourth-order valence-corrected chi connectivity index (χ4v) is 8.11. The lowest BCUT2D eigenvalue weighted by molar-refractivity contribution is -0.149. The number of esters is 1. The number of ether oxygens (including phenoxy) is 2. The maximum atomic E-state index is 13.9. The number of hydrogen-bond acceptors (Lipinski definition) is 10. The molecule has 282 valence electrons. The largest absolute Gasteiger partial charge is 0.481 e. The molecule has 1 N–H and O–H groups in total. The monoisotopic (exact) mass is 779 g/mol. The number of likely N-dealkylation sites (tertiary alicyclic amines) is 1. The van der Waals surface area contributed by atoms with E-state index in [0.29, 0.717) is 39.9 Å². The number of benzene rings is 2. The van der Waals surface area contributed by atoms with Gasteiger partial charge >= 0.3 is 11.7 Å². The molecule has 0 spiro atoms. The number of methoxy groups -OCH3 is 1. The number of alkyl halides is 2. The molecule has 2 aromatic carbocycles. The summed E-state index contributed by atoms with van der Waals surface area (Å²) in [5, 5.41) is 3.34. The first-order valence-electron chi connectivity index (χ1n) is 17.5. The summed E-state index contributed by atoms with van der Waals surface area (Å²) in [7, 11) is 4.21. The number of carbonyl (C=O) groups is 1. The quantitative estimate of drug-likeness (QED) is 0.156. The molecule has 0 bridgehead atoms. The van der Waals surface area contributed by atoms with E-state index in [-0.39, 0.29) is 45.5 Å². The van der Waals surface area contributed by atoms with Gasteiger partial charge in [0.05, 0.1) is 41.1 Å². The number of anilines is 2. The van der Waals surface area contributed by atoms with E-state index in [1.165, 1.54) is 14.1 Å². The van der Waals surface area contributed by atoms with Crippen molar-refractivity contribution in [3.05, 3.63) is 90.3 Å². The minimum Gasteiger partial charge on any atom is -0.481 e. The molecule has 7 rings (SSSR count). The fraction of sp³-hybridized carbons (Fsp3) is 0.368. The number of rotatable bonds is 9. The van der Waals surface area contributed by atoms with Crippen LogP contribution in [0.15, 0.2) is 52.1 Å².